The zero-order valence-corrected chi connectivity index (χ0v) is 16.8. The lowest BCUT2D eigenvalue weighted by molar-refractivity contribution is -0.0512. The maximum atomic E-state index is 12.6. The monoisotopic (exact) mass is 401 g/mol. The van der Waals surface area contributed by atoms with Gasteiger partial charge in [-0.2, -0.15) is 13.9 Å². The van der Waals surface area contributed by atoms with Crippen LogP contribution < -0.4 is 14.8 Å². The number of alkyl halides is 2. The zero-order valence-electron chi connectivity index (χ0n) is 16.8. The van der Waals surface area contributed by atoms with Crippen LogP contribution in [-0.2, 0) is 19.6 Å². The Balaban J connectivity index is 1.65. The molecule has 0 atom stereocenters. The number of nitrogens with zero attached hydrogens (tertiary/aromatic N) is 2. The summed E-state index contributed by atoms with van der Waals surface area (Å²) in [7, 11) is 1.42. The summed E-state index contributed by atoms with van der Waals surface area (Å²) in [4.78, 5) is 0. The van der Waals surface area contributed by atoms with E-state index in [2.05, 4.69) is 34.2 Å². The van der Waals surface area contributed by atoms with Gasteiger partial charge >= 0.3 is 6.61 Å². The molecular formula is C22H25F2N3O2. The van der Waals surface area contributed by atoms with E-state index in [1.165, 1.54) is 12.7 Å². The highest BCUT2D eigenvalue weighted by Gasteiger charge is 2.13. The lowest BCUT2D eigenvalue weighted by Crippen LogP contribution is -2.14. The number of aryl methyl sites for hydroxylation is 1. The first-order valence-corrected chi connectivity index (χ1v) is 9.37. The average Bonchev–Trinajstić information content (AvgIpc) is 2.96. The van der Waals surface area contributed by atoms with E-state index in [-0.39, 0.29) is 11.5 Å². The van der Waals surface area contributed by atoms with E-state index in [0.717, 1.165) is 29.1 Å². The van der Waals surface area contributed by atoms with E-state index in [9.17, 15) is 8.78 Å². The van der Waals surface area contributed by atoms with E-state index < -0.39 is 6.61 Å². The highest BCUT2D eigenvalue weighted by molar-refractivity contribution is 5.43. The van der Waals surface area contributed by atoms with Crippen LogP contribution in [0.15, 0.2) is 48.5 Å². The molecule has 29 heavy (non-hydrogen) atoms. The molecule has 0 aliphatic heterocycles. The van der Waals surface area contributed by atoms with Crippen molar-refractivity contribution in [3.63, 3.8) is 0 Å². The molecule has 2 aromatic carbocycles. The molecule has 1 N–H and O–H groups in total. The molecule has 3 rings (SSSR count). The number of halogens is 2. The van der Waals surface area contributed by atoms with Crippen molar-refractivity contribution in [2.75, 3.05) is 7.11 Å². The van der Waals surface area contributed by atoms with E-state index in [4.69, 9.17) is 4.74 Å². The standard InChI is InChI=1S/C22H25F2N3O2/c1-15-19(16(2)27(26-15)14-17-7-5-4-6-8-17)13-25-12-18-9-10-20(28-3)21(11-18)29-22(23)24/h4-11,22,25H,12-14H2,1-3H3. The predicted molar refractivity (Wildman–Crippen MR) is 107 cm³/mol. The highest BCUT2D eigenvalue weighted by atomic mass is 19.3. The topological polar surface area (TPSA) is 48.3 Å². The number of hydrogen-bond acceptors (Lipinski definition) is 4. The first-order valence-electron chi connectivity index (χ1n) is 9.37. The zero-order chi connectivity index (χ0) is 20.8. The van der Waals surface area contributed by atoms with Gasteiger partial charge in [0.1, 0.15) is 0 Å². The highest BCUT2D eigenvalue weighted by Crippen LogP contribution is 2.29. The quantitative estimate of drug-likeness (QED) is 0.576. The average molecular weight is 401 g/mol. The molecule has 1 aromatic heterocycles. The van der Waals surface area contributed by atoms with Crippen molar-refractivity contribution >= 4 is 0 Å². The summed E-state index contributed by atoms with van der Waals surface area (Å²) in [6.45, 7) is 3.01. The lowest BCUT2D eigenvalue weighted by atomic mass is 10.1. The summed E-state index contributed by atoms with van der Waals surface area (Å²) in [5.74, 6) is 0.313. The van der Waals surface area contributed by atoms with Gasteiger partial charge in [-0.15, -0.1) is 0 Å². The Hall–Kier alpha value is -2.93. The van der Waals surface area contributed by atoms with E-state index >= 15 is 0 Å². The molecule has 0 radical (unpaired) electrons. The minimum absolute atomic E-state index is 0.0323. The molecule has 5 nitrogen and oxygen atoms in total. The Morgan fingerprint density at radius 2 is 1.76 bits per heavy atom. The van der Waals surface area contributed by atoms with Gasteiger partial charge in [0.2, 0.25) is 0 Å². The van der Waals surface area contributed by atoms with Crippen LogP contribution in [0.3, 0.4) is 0 Å². The van der Waals surface area contributed by atoms with Crippen LogP contribution in [0.1, 0.15) is 28.1 Å². The Morgan fingerprint density at radius 3 is 2.45 bits per heavy atom. The van der Waals surface area contributed by atoms with E-state index in [1.807, 2.05) is 35.9 Å². The minimum atomic E-state index is -2.90. The molecule has 3 aromatic rings. The van der Waals surface area contributed by atoms with Crippen LogP contribution in [0, 0.1) is 13.8 Å². The second-order valence-corrected chi connectivity index (χ2v) is 6.76. The lowest BCUT2D eigenvalue weighted by Gasteiger charge is -2.12. The summed E-state index contributed by atoms with van der Waals surface area (Å²) in [5.41, 5.74) is 5.24. The van der Waals surface area contributed by atoms with Gasteiger partial charge in [-0.3, -0.25) is 4.68 Å². The van der Waals surface area contributed by atoms with E-state index in [1.54, 1.807) is 12.1 Å². The van der Waals surface area contributed by atoms with Crippen molar-refractivity contribution in [1.29, 1.82) is 0 Å². The summed E-state index contributed by atoms with van der Waals surface area (Å²) in [5, 5.41) is 8.02. The van der Waals surface area contributed by atoms with Crippen LogP contribution in [0.4, 0.5) is 8.78 Å². The van der Waals surface area contributed by atoms with Crippen LogP contribution in [-0.4, -0.2) is 23.5 Å². The Morgan fingerprint density at radius 1 is 1.00 bits per heavy atom. The van der Waals surface area contributed by atoms with Crippen LogP contribution >= 0.6 is 0 Å². The van der Waals surface area contributed by atoms with Crippen molar-refractivity contribution in [1.82, 2.24) is 15.1 Å². The number of benzene rings is 2. The second kappa shape index (κ2) is 9.52. The molecule has 0 saturated carbocycles. The fraction of sp³-hybridized carbons (Fsp3) is 0.318. The van der Waals surface area contributed by atoms with Gasteiger partial charge in [0.15, 0.2) is 11.5 Å². The first kappa shape index (κ1) is 20.8. The van der Waals surface area contributed by atoms with Gasteiger partial charge in [-0.05, 0) is 37.1 Å². The fourth-order valence-electron chi connectivity index (χ4n) is 3.25. The molecule has 0 spiro atoms. The van der Waals surface area contributed by atoms with Crippen LogP contribution in [0.25, 0.3) is 0 Å². The van der Waals surface area contributed by atoms with Crippen molar-refractivity contribution in [3.8, 4) is 11.5 Å². The smallest absolute Gasteiger partial charge is 0.387 e. The maximum absolute atomic E-state index is 12.6. The van der Waals surface area contributed by atoms with Crippen LogP contribution in [0.2, 0.25) is 0 Å². The molecule has 1 heterocycles. The molecule has 7 heteroatoms. The summed E-state index contributed by atoms with van der Waals surface area (Å²) >= 11 is 0. The van der Waals surface area contributed by atoms with Gasteiger partial charge < -0.3 is 14.8 Å². The third-order valence-electron chi connectivity index (χ3n) is 4.78. The second-order valence-electron chi connectivity index (χ2n) is 6.76. The van der Waals surface area contributed by atoms with Gasteiger partial charge in [0.25, 0.3) is 0 Å². The number of hydrogen-bond donors (Lipinski definition) is 1. The van der Waals surface area contributed by atoms with Crippen molar-refractivity contribution < 1.29 is 18.3 Å². The summed E-state index contributed by atoms with van der Waals surface area (Å²) < 4.78 is 36.8. The number of ether oxygens (including phenoxy) is 2. The molecule has 0 fully saturated rings. The molecule has 0 amide bonds. The SMILES string of the molecule is COc1ccc(CNCc2c(C)nn(Cc3ccccc3)c2C)cc1OC(F)F. The number of aromatic nitrogens is 2. The van der Waals surface area contributed by atoms with Gasteiger partial charge in [0.05, 0.1) is 19.3 Å². The van der Waals surface area contributed by atoms with Crippen molar-refractivity contribution in [2.45, 2.75) is 40.1 Å². The molecule has 154 valence electrons. The number of methoxy groups -OCH3 is 1. The molecule has 0 saturated heterocycles. The van der Waals surface area contributed by atoms with Crippen molar-refractivity contribution in [3.05, 3.63) is 76.6 Å². The third-order valence-corrected chi connectivity index (χ3v) is 4.78. The maximum Gasteiger partial charge on any atom is 0.387 e. The first-order chi connectivity index (χ1) is 14.0. The largest absolute Gasteiger partial charge is 0.493 e. The van der Waals surface area contributed by atoms with Gasteiger partial charge in [-0.1, -0.05) is 36.4 Å². The van der Waals surface area contributed by atoms with Gasteiger partial charge in [0, 0.05) is 24.3 Å². The molecule has 0 aliphatic rings. The number of nitrogens with one attached hydrogen (secondary N) is 1. The Labute approximate surface area is 169 Å². The fourth-order valence-corrected chi connectivity index (χ4v) is 3.25. The normalized spacial score (nSPS) is 11.1. The number of rotatable bonds is 9. The Bertz CT molecular complexity index is 943. The predicted octanol–water partition coefficient (Wildman–Crippen LogP) is 4.45. The molecule has 0 bridgehead atoms. The third kappa shape index (κ3) is 5.32. The molecular weight excluding hydrogens is 376 g/mol. The van der Waals surface area contributed by atoms with Gasteiger partial charge in [-0.25, -0.2) is 0 Å². The van der Waals surface area contributed by atoms with E-state index in [0.29, 0.717) is 13.1 Å². The minimum Gasteiger partial charge on any atom is -0.493 e. The van der Waals surface area contributed by atoms with Crippen molar-refractivity contribution in [2.24, 2.45) is 0 Å². The summed E-state index contributed by atoms with van der Waals surface area (Å²) in [6.07, 6.45) is 0. The molecule has 0 aliphatic carbocycles. The van der Waals surface area contributed by atoms with Crippen LogP contribution in [0.5, 0.6) is 11.5 Å². The summed E-state index contributed by atoms with van der Waals surface area (Å²) in [6, 6.07) is 15.2. The molecule has 0 unspecified atom stereocenters. The Kier molecular flexibility index (Phi) is 6.82.